The molecule has 2 aliphatic heterocycles. The summed E-state index contributed by atoms with van der Waals surface area (Å²) in [5.41, 5.74) is 4.11. The van der Waals surface area contributed by atoms with E-state index in [1.54, 1.807) is 30.0 Å². The molecule has 0 spiro atoms. The number of hydrogen-bond acceptors (Lipinski definition) is 5. The van der Waals surface area contributed by atoms with Gasteiger partial charge in [-0.2, -0.15) is 0 Å². The Balaban J connectivity index is 1.29. The number of nitrogens with zero attached hydrogens (tertiary/aromatic N) is 2. The summed E-state index contributed by atoms with van der Waals surface area (Å²) < 4.78 is 5.61. The number of carbonyl (C=O) groups is 4. The fraction of sp³-hybridized carbons (Fsp3) is 0.357. The SMILES string of the molecule is CC1=CC[C@@H]2C(=O)N(c3ccc(OC(=O)[C@@H]4CC(=O)N(c5ccccc5C)C4)cc3C)C(=O)[C@@H]2C1. The number of ether oxygens (including phenoxy) is 1. The summed E-state index contributed by atoms with van der Waals surface area (Å²) in [6.45, 7) is 5.98. The molecule has 35 heavy (non-hydrogen) atoms. The molecule has 2 aromatic rings. The van der Waals surface area contributed by atoms with Crippen LogP contribution in [0.15, 0.2) is 54.1 Å². The lowest BCUT2D eigenvalue weighted by Crippen LogP contribution is -2.31. The van der Waals surface area contributed by atoms with Gasteiger partial charge in [0.15, 0.2) is 0 Å². The van der Waals surface area contributed by atoms with E-state index in [2.05, 4.69) is 0 Å². The largest absolute Gasteiger partial charge is 0.426 e. The molecule has 3 atom stereocenters. The van der Waals surface area contributed by atoms with E-state index in [0.29, 0.717) is 29.8 Å². The van der Waals surface area contributed by atoms with E-state index in [1.807, 2.05) is 44.2 Å². The maximum absolute atomic E-state index is 13.0. The van der Waals surface area contributed by atoms with Crippen LogP contribution in [0.5, 0.6) is 5.75 Å². The predicted molar refractivity (Wildman–Crippen MR) is 131 cm³/mol. The van der Waals surface area contributed by atoms with Crippen LogP contribution in [0.1, 0.15) is 37.3 Å². The van der Waals surface area contributed by atoms with Crippen molar-refractivity contribution in [3.63, 3.8) is 0 Å². The summed E-state index contributed by atoms with van der Waals surface area (Å²) in [4.78, 5) is 54.4. The van der Waals surface area contributed by atoms with Crippen LogP contribution in [0.4, 0.5) is 11.4 Å². The second kappa shape index (κ2) is 8.80. The topological polar surface area (TPSA) is 84.0 Å². The van der Waals surface area contributed by atoms with Gasteiger partial charge in [-0.05, 0) is 69.0 Å². The highest BCUT2D eigenvalue weighted by atomic mass is 16.5. The fourth-order valence-corrected chi connectivity index (χ4v) is 5.38. The first-order valence-corrected chi connectivity index (χ1v) is 12.0. The van der Waals surface area contributed by atoms with Gasteiger partial charge in [0.05, 0.1) is 23.4 Å². The van der Waals surface area contributed by atoms with E-state index < -0.39 is 11.9 Å². The summed E-state index contributed by atoms with van der Waals surface area (Å²) in [6, 6.07) is 12.5. The van der Waals surface area contributed by atoms with Crippen LogP contribution in [0.3, 0.4) is 0 Å². The van der Waals surface area contributed by atoms with Crippen molar-refractivity contribution in [3.8, 4) is 5.75 Å². The van der Waals surface area contributed by atoms with E-state index in [9.17, 15) is 19.2 Å². The molecule has 5 rings (SSSR count). The second-order valence-corrected chi connectivity index (χ2v) is 9.78. The average Bonchev–Trinajstić information content (AvgIpc) is 3.32. The number of rotatable bonds is 4. The Morgan fingerprint density at radius 1 is 0.886 bits per heavy atom. The standard InChI is InChI=1S/C28H28N2O5/c1-16-8-10-21-22(12-16)27(33)30(26(21)32)24-11-9-20(13-18(24)3)35-28(34)19-14-25(31)29(15-19)23-7-5-4-6-17(23)2/h4-9,11,13,19,21-22H,10,12,14-15H2,1-3H3/t19-,21+,22-/m1/s1. The molecular formula is C28H28N2O5. The number of anilines is 2. The molecule has 0 N–H and O–H groups in total. The maximum atomic E-state index is 13.0. The maximum Gasteiger partial charge on any atom is 0.316 e. The number of imide groups is 1. The molecule has 1 aliphatic carbocycles. The number of aryl methyl sites for hydroxylation is 2. The molecule has 2 aromatic carbocycles. The Hall–Kier alpha value is -3.74. The number of amides is 3. The molecule has 7 nitrogen and oxygen atoms in total. The lowest BCUT2D eigenvalue weighted by molar-refractivity contribution is -0.139. The fourth-order valence-electron chi connectivity index (χ4n) is 5.38. The third kappa shape index (κ3) is 4.05. The second-order valence-electron chi connectivity index (χ2n) is 9.78. The molecule has 2 heterocycles. The minimum atomic E-state index is -0.567. The molecule has 2 saturated heterocycles. The van der Waals surface area contributed by atoms with E-state index in [0.717, 1.165) is 16.8 Å². The quantitative estimate of drug-likeness (QED) is 0.289. The van der Waals surface area contributed by atoms with Crippen molar-refractivity contribution in [2.75, 3.05) is 16.3 Å². The summed E-state index contributed by atoms with van der Waals surface area (Å²) >= 11 is 0. The first-order chi connectivity index (χ1) is 16.7. The first kappa shape index (κ1) is 23.0. The Morgan fingerprint density at radius 3 is 2.37 bits per heavy atom. The number of para-hydroxylation sites is 1. The number of benzene rings is 2. The molecule has 0 bridgehead atoms. The molecular weight excluding hydrogens is 444 g/mol. The van der Waals surface area contributed by atoms with Gasteiger partial charge in [0.1, 0.15) is 5.75 Å². The number of fused-ring (bicyclic) bond motifs is 1. The van der Waals surface area contributed by atoms with Crippen molar-refractivity contribution >= 4 is 35.1 Å². The highest BCUT2D eigenvalue weighted by Gasteiger charge is 2.49. The number of allylic oxidation sites excluding steroid dienone is 2. The van der Waals surface area contributed by atoms with Gasteiger partial charge in [-0.25, -0.2) is 4.90 Å². The third-order valence-electron chi connectivity index (χ3n) is 7.32. The molecule has 3 amide bonds. The molecule has 3 aliphatic rings. The van der Waals surface area contributed by atoms with Crippen molar-refractivity contribution in [2.45, 2.75) is 40.0 Å². The normalized spacial score (nSPS) is 24.0. The number of esters is 1. The van der Waals surface area contributed by atoms with Crippen LogP contribution in [-0.2, 0) is 19.2 Å². The molecule has 2 fully saturated rings. The van der Waals surface area contributed by atoms with Crippen molar-refractivity contribution in [2.24, 2.45) is 17.8 Å². The highest BCUT2D eigenvalue weighted by Crippen LogP contribution is 2.41. The van der Waals surface area contributed by atoms with Gasteiger partial charge in [-0.3, -0.25) is 19.2 Å². The lowest BCUT2D eigenvalue weighted by atomic mass is 9.82. The van der Waals surface area contributed by atoms with E-state index in [-0.39, 0.29) is 42.5 Å². The zero-order chi connectivity index (χ0) is 24.9. The third-order valence-corrected chi connectivity index (χ3v) is 7.32. The van der Waals surface area contributed by atoms with E-state index in [4.69, 9.17) is 4.74 Å². The van der Waals surface area contributed by atoms with Crippen molar-refractivity contribution in [3.05, 3.63) is 65.2 Å². The van der Waals surface area contributed by atoms with Gasteiger partial charge in [0, 0.05) is 18.7 Å². The summed E-state index contributed by atoms with van der Waals surface area (Å²) in [5.74, 6) is -1.76. The Morgan fingerprint density at radius 2 is 1.63 bits per heavy atom. The molecule has 180 valence electrons. The molecule has 0 saturated carbocycles. The van der Waals surface area contributed by atoms with Crippen molar-refractivity contribution < 1.29 is 23.9 Å². The van der Waals surface area contributed by atoms with Crippen LogP contribution in [0.2, 0.25) is 0 Å². The summed E-state index contributed by atoms with van der Waals surface area (Å²) in [6.07, 6.45) is 3.34. The van der Waals surface area contributed by atoms with Crippen LogP contribution < -0.4 is 14.5 Å². The monoisotopic (exact) mass is 472 g/mol. The highest BCUT2D eigenvalue weighted by molar-refractivity contribution is 6.22. The Bertz CT molecular complexity index is 1280. The van der Waals surface area contributed by atoms with Gasteiger partial charge in [0.2, 0.25) is 17.7 Å². The van der Waals surface area contributed by atoms with E-state index in [1.165, 1.54) is 4.90 Å². The first-order valence-electron chi connectivity index (χ1n) is 12.0. The Kier molecular flexibility index (Phi) is 5.79. The molecule has 0 aromatic heterocycles. The van der Waals surface area contributed by atoms with Crippen molar-refractivity contribution in [1.82, 2.24) is 0 Å². The minimum absolute atomic E-state index is 0.0945. The van der Waals surface area contributed by atoms with E-state index >= 15 is 0 Å². The average molecular weight is 473 g/mol. The molecule has 0 unspecified atom stereocenters. The lowest BCUT2D eigenvalue weighted by Gasteiger charge is -2.19. The van der Waals surface area contributed by atoms with Crippen LogP contribution in [0.25, 0.3) is 0 Å². The smallest absolute Gasteiger partial charge is 0.316 e. The number of hydrogen-bond donors (Lipinski definition) is 0. The van der Waals surface area contributed by atoms with Crippen LogP contribution >= 0.6 is 0 Å². The molecule has 0 radical (unpaired) electrons. The minimum Gasteiger partial charge on any atom is -0.426 e. The zero-order valence-electron chi connectivity index (χ0n) is 20.1. The van der Waals surface area contributed by atoms with Crippen molar-refractivity contribution in [1.29, 1.82) is 0 Å². The summed E-state index contributed by atoms with van der Waals surface area (Å²) in [5, 5.41) is 0. The summed E-state index contributed by atoms with van der Waals surface area (Å²) in [7, 11) is 0. The van der Waals surface area contributed by atoms with Crippen LogP contribution in [-0.4, -0.2) is 30.2 Å². The molecule has 7 heteroatoms. The van der Waals surface area contributed by atoms with Gasteiger partial charge < -0.3 is 9.64 Å². The Labute approximate surface area is 204 Å². The van der Waals surface area contributed by atoms with Gasteiger partial charge in [-0.15, -0.1) is 0 Å². The predicted octanol–water partition coefficient (Wildman–Crippen LogP) is 4.11. The van der Waals surface area contributed by atoms with Gasteiger partial charge in [0.25, 0.3) is 0 Å². The van der Waals surface area contributed by atoms with Crippen LogP contribution in [0, 0.1) is 31.6 Å². The zero-order valence-corrected chi connectivity index (χ0v) is 20.1. The van der Waals surface area contributed by atoms with Gasteiger partial charge >= 0.3 is 5.97 Å². The van der Waals surface area contributed by atoms with Gasteiger partial charge in [-0.1, -0.05) is 29.8 Å². The number of carbonyl (C=O) groups excluding carboxylic acids is 4.